The van der Waals surface area contributed by atoms with Crippen LogP contribution in [0.25, 0.3) is 11.1 Å². The SMILES string of the molecule is CCCCCCC1(C)c2cc(C)c(C)cc2-c2cc(C)c(C)cc21. The van der Waals surface area contributed by atoms with Gasteiger partial charge in [-0.2, -0.15) is 0 Å². The van der Waals surface area contributed by atoms with Gasteiger partial charge >= 0.3 is 0 Å². The first-order valence-electron chi connectivity index (χ1n) is 9.62. The summed E-state index contributed by atoms with van der Waals surface area (Å²) in [4.78, 5) is 0. The van der Waals surface area contributed by atoms with Crippen molar-refractivity contribution in [3.63, 3.8) is 0 Å². The molecule has 0 saturated heterocycles. The van der Waals surface area contributed by atoms with E-state index >= 15 is 0 Å². The molecular weight excluding hydrogens is 288 g/mol. The van der Waals surface area contributed by atoms with Gasteiger partial charge < -0.3 is 0 Å². The molecule has 0 radical (unpaired) electrons. The first kappa shape index (κ1) is 17.3. The molecule has 128 valence electrons. The molecule has 0 amide bonds. The monoisotopic (exact) mass is 320 g/mol. The summed E-state index contributed by atoms with van der Waals surface area (Å²) in [5.74, 6) is 0. The van der Waals surface area contributed by atoms with Crippen LogP contribution in [0.3, 0.4) is 0 Å². The first-order chi connectivity index (χ1) is 11.4. The number of benzene rings is 2. The van der Waals surface area contributed by atoms with E-state index in [1.165, 1.54) is 65.5 Å². The van der Waals surface area contributed by atoms with Gasteiger partial charge in [0.25, 0.3) is 0 Å². The second kappa shape index (κ2) is 6.39. The average Bonchev–Trinajstić information content (AvgIpc) is 2.75. The van der Waals surface area contributed by atoms with Gasteiger partial charge in [0.2, 0.25) is 0 Å². The molecule has 0 aromatic heterocycles. The zero-order chi connectivity index (χ0) is 17.5. The molecule has 0 saturated carbocycles. The van der Waals surface area contributed by atoms with Crippen molar-refractivity contribution < 1.29 is 0 Å². The van der Waals surface area contributed by atoms with Crippen LogP contribution in [0.15, 0.2) is 24.3 Å². The van der Waals surface area contributed by atoms with E-state index in [0.717, 1.165) is 0 Å². The van der Waals surface area contributed by atoms with E-state index in [-0.39, 0.29) is 5.41 Å². The van der Waals surface area contributed by atoms with Gasteiger partial charge in [-0.3, -0.25) is 0 Å². The normalized spacial score (nSPS) is 14.6. The minimum absolute atomic E-state index is 0.176. The van der Waals surface area contributed by atoms with Crippen LogP contribution in [0.2, 0.25) is 0 Å². The van der Waals surface area contributed by atoms with Gasteiger partial charge in [0, 0.05) is 5.41 Å². The van der Waals surface area contributed by atoms with Crippen LogP contribution >= 0.6 is 0 Å². The fourth-order valence-electron chi connectivity index (χ4n) is 4.31. The zero-order valence-electron chi connectivity index (χ0n) is 16.3. The maximum absolute atomic E-state index is 2.48. The Morgan fingerprint density at radius 3 is 1.58 bits per heavy atom. The summed E-state index contributed by atoms with van der Waals surface area (Å²) < 4.78 is 0. The molecule has 0 atom stereocenters. The summed E-state index contributed by atoms with van der Waals surface area (Å²) in [6.07, 6.45) is 6.60. The highest BCUT2D eigenvalue weighted by molar-refractivity contribution is 5.82. The lowest BCUT2D eigenvalue weighted by atomic mass is 9.75. The fourth-order valence-corrected chi connectivity index (χ4v) is 4.31. The standard InChI is InChI=1S/C24H32/c1-7-8-9-10-11-24(6)22-14-18(4)16(2)12-20(22)21-13-17(3)19(5)15-23(21)24/h12-15H,7-11H2,1-6H3. The Bertz CT molecular complexity index is 707. The minimum atomic E-state index is 0.176. The molecule has 0 aliphatic heterocycles. The van der Waals surface area contributed by atoms with Crippen LogP contribution in [0, 0.1) is 27.7 Å². The van der Waals surface area contributed by atoms with E-state index in [1.54, 1.807) is 11.1 Å². The van der Waals surface area contributed by atoms with Gasteiger partial charge in [-0.25, -0.2) is 0 Å². The predicted octanol–water partition coefficient (Wildman–Crippen LogP) is 7.18. The Kier molecular flexibility index (Phi) is 4.60. The Labute approximate surface area is 148 Å². The topological polar surface area (TPSA) is 0 Å². The maximum Gasteiger partial charge on any atom is 0.0187 e. The van der Waals surface area contributed by atoms with Crippen molar-refractivity contribution in [3.8, 4) is 11.1 Å². The molecule has 0 heterocycles. The van der Waals surface area contributed by atoms with Crippen LogP contribution in [-0.2, 0) is 5.41 Å². The van der Waals surface area contributed by atoms with E-state index in [2.05, 4.69) is 65.8 Å². The molecule has 0 heteroatoms. The molecule has 2 aromatic rings. The van der Waals surface area contributed by atoms with Crippen LogP contribution < -0.4 is 0 Å². The first-order valence-corrected chi connectivity index (χ1v) is 9.62. The van der Waals surface area contributed by atoms with Crippen LogP contribution in [-0.4, -0.2) is 0 Å². The number of fused-ring (bicyclic) bond motifs is 3. The quantitative estimate of drug-likeness (QED) is 0.512. The van der Waals surface area contributed by atoms with Crippen molar-refractivity contribution in [2.45, 2.75) is 79.1 Å². The highest BCUT2D eigenvalue weighted by atomic mass is 14.4. The number of unbranched alkanes of at least 4 members (excludes halogenated alkanes) is 3. The number of aryl methyl sites for hydroxylation is 4. The molecule has 0 N–H and O–H groups in total. The molecule has 1 aliphatic carbocycles. The number of rotatable bonds is 5. The van der Waals surface area contributed by atoms with Crippen molar-refractivity contribution >= 4 is 0 Å². The zero-order valence-corrected chi connectivity index (χ0v) is 16.3. The summed E-state index contributed by atoms with van der Waals surface area (Å²) in [6, 6.07) is 9.79. The van der Waals surface area contributed by atoms with Crippen LogP contribution in [0.5, 0.6) is 0 Å². The maximum atomic E-state index is 2.48. The Balaban J connectivity index is 2.13. The predicted molar refractivity (Wildman–Crippen MR) is 106 cm³/mol. The van der Waals surface area contributed by atoms with Gasteiger partial charge in [0.05, 0.1) is 0 Å². The largest absolute Gasteiger partial charge is 0.0654 e. The number of hydrogen-bond acceptors (Lipinski definition) is 0. The van der Waals surface area contributed by atoms with Crippen molar-refractivity contribution in [1.29, 1.82) is 0 Å². The van der Waals surface area contributed by atoms with E-state index < -0.39 is 0 Å². The molecule has 0 spiro atoms. The third kappa shape index (κ3) is 2.70. The molecular formula is C24H32. The third-order valence-electron chi connectivity index (χ3n) is 6.28. The van der Waals surface area contributed by atoms with Gasteiger partial charge in [0.1, 0.15) is 0 Å². The van der Waals surface area contributed by atoms with Crippen LogP contribution in [0.4, 0.5) is 0 Å². The fraction of sp³-hybridized carbons (Fsp3) is 0.500. The summed E-state index contributed by atoms with van der Waals surface area (Å²) in [7, 11) is 0. The van der Waals surface area contributed by atoms with E-state index in [4.69, 9.17) is 0 Å². The second-order valence-electron chi connectivity index (χ2n) is 8.11. The number of hydrogen-bond donors (Lipinski definition) is 0. The molecule has 0 bridgehead atoms. The minimum Gasteiger partial charge on any atom is -0.0654 e. The van der Waals surface area contributed by atoms with Crippen molar-refractivity contribution in [3.05, 3.63) is 57.6 Å². The average molecular weight is 321 g/mol. The molecule has 0 unspecified atom stereocenters. The second-order valence-corrected chi connectivity index (χ2v) is 8.11. The molecule has 2 aromatic carbocycles. The molecule has 24 heavy (non-hydrogen) atoms. The summed E-state index contributed by atoms with van der Waals surface area (Å²) in [5.41, 5.74) is 11.9. The van der Waals surface area contributed by atoms with Gasteiger partial charge in [0.15, 0.2) is 0 Å². The van der Waals surface area contributed by atoms with Crippen molar-refractivity contribution in [2.75, 3.05) is 0 Å². The lowest BCUT2D eigenvalue weighted by Gasteiger charge is -2.28. The summed E-state index contributed by atoms with van der Waals surface area (Å²) in [6.45, 7) is 13.8. The molecule has 0 fully saturated rings. The van der Waals surface area contributed by atoms with Crippen LogP contribution in [0.1, 0.15) is 79.3 Å². The lowest BCUT2D eigenvalue weighted by Crippen LogP contribution is -2.21. The molecule has 3 rings (SSSR count). The summed E-state index contributed by atoms with van der Waals surface area (Å²) >= 11 is 0. The molecule has 1 aliphatic rings. The third-order valence-corrected chi connectivity index (χ3v) is 6.28. The Morgan fingerprint density at radius 2 is 1.12 bits per heavy atom. The highest BCUT2D eigenvalue weighted by Crippen LogP contribution is 2.52. The van der Waals surface area contributed by atoms with Gasteiger partial charge in [-0.1, -0.05) is 63.8 Å². The van der Waals surface area contributed by atoms with Crippen molar-refractivity contribution in [1.82, 2.24) is 0 Å². The smallest absolute Gasteiger partial charge is 0.0187 e. The van der Waals surface area contributed by atoms with Gasteiger partial charge in [-0.05, 0) is 78.6 Å². The van der Waals surface area contributed by atoms with E-state index in [9.17, 15) is 0 Å². The Hall–Kier alpha value is -1.56. The Morgan fingerprint density at radius 1 is 0.667 bits per heavy atom. The van der Waals surface area contributed by atoms with Gasteiger partial charge in [-0.15, -0.1) is 0 Å². The van der Waals surface area contributed by atoms with E-state index in [1.807, 2.05) is 0 Å². The van der Waals surface area contributed by atoms with E-state index in [0.29, 0.717) is 0 Å². The molecule has 0 nitrogen and oxygen atoms in total. The lowest BCUT2D eigenvalue weighted by molar-refractivity contribution is 0.486. The van der Waals surface area contributed by atoms with Crippen molar-refractivity contribution in [2.24, 2.45) is 0 Å². The summed E-state index contributed by atoms with van der Waals surface area (Å²) in [5, 5.41) is 0. The highest BCUT2D eigenvalue weighted by Gasteiger charge is 2.39.